The number of nitrogens with one attached hydrogen (secondary N) is 1. The van der Waals surface area contributed by atoms with Gasteiger partial charge in [-0.3, -0.25) is 9.59 Å². The van der Waals surface area contributed by atoms with E-state index in [0.717, 1.165) is 30.1 Å². The molecule has 0 radical (unpaired) electrons. The minimum atomic E-state index is -0.120. The molecule has 27 heavy (non-hydrogen) atoms. The van der Waals surface area contributed by atoms with E-state index in [9.17, 15) is 9.59 Å². The maximum atomic E-state index is 12.9. The van der Waals surface area contributed by atoms with Crippen molar-refractivity contribution in [2.45, 2.75) is 6.42 Å². The lowest BCUT2D eigenvalue weighted by atomic mass is 10.1. The van der Waals surface area contributed by atoms with Gasteiger partial charge in [-0.2, -0.15) is 0 Å². The van der Waals surface area contributed by atoms with E-state index in [1.54, 1.807) is 11.9 Å². The summed E-state index contributed by atoms with van der Waals surface area (Å²) < 4.78 is 7.48. The molecule has 8 heteroatoms. The van der Waals surface area contributed by atoms with Gasteiger partial charge in [0.25, 0.3) is 5.91 Å². The van der Waals surface area contributed by atoms with Crippen LogP contribution in [0, 0.1) is 5.92 Å². The van der Waals surface area contributed by atoms with Gasteiger partial charge in [0.05, 0.1) is 30.2 Å². The van der Waals surface area contributed by atoms with Gasteiger partial charge in [-0.25, -0.2) is 4.98 Å². The zero-order valence-corrected chi connectivity index (χ0v) is 15.8. The summed E-state index contributed by atoms with van der Waals surface area (Å²) in [6.07, 6.45) is 0.707. The Bertz CT molecular complexity index is 872. The molecule has 1 atom stereocenters. The number of benzene rings is 1. The van der Waals surface area contributed by atoms with Crippen molar-refractivity contribution in [3.63, 3.8) is 0 Å². The van der Waals surface area contributed by atoms with E-state index in [1.165, 1.54) is 0 Å². The lowest BCUT2D eigenvalue weighted by molar-refractivity contribution is -0.124. The highest BCUT2D eigenvalue weighted by molar-refractivity contribution is 5.98. The lowest BCUT2D eigenvalue weighted by Gasteiger charge is -2.27. The van der Waals surface area contributed by atoms with Crippen LogP contribution in [0.2, 0.25) is 0 Å². The van der Waals surface area contributed by atoms with Crippen molar-refractivity contribution in [2.24, 2.45) is 13.0 Å². The normalized spacial score (nSPS) is 20.3. The quantitative estimate of drug-likeness (QED) is 0.856. The average molecular weight is 371 g/mol. The monoisotopic (exact) mass is 371 g/mol. The number of aromatic nitrogens is 2. The van der Waals surface area contributed by atoms with E-state index in [-0.39, 0.29) is 17.7 Å². The third-order valence-corrected chi connectivity index (χ3v) is 5.49. The van der Waals surface area contributed by atoms with Crippen LogP contribution in [0.4, 0.5) is 5.95 Å². The number of morpholine rings is 1. The Morgan fingerprint density at radius 3 is 2.74 bits per heavy atom. The van der Waals surface area contributed by atoms with Crippen molar-refractivity contribution in [3.05, 3.63) is 23.8 Å². The van der Waals surface area contributed by atoms with Gasteiger partial charge in [-0.05, 0) is 24.6 Å². The van der Waals surface area contributed by atoms with Crippen LogP contribution in [-0.2, 0) is 16.6 Å². The number of hydrogen-bond acceptors (Lipinski definition) is 5. The first-order chi connectivity index (χ1) is 13.1. The Morgan fingerprint density at radius 1 is 1.22 bits per heavy atom. The molecule has 8 nitrogen and oxygen atoms in total. The first-order valence-electron chi connectivity index (χ1n) is 9.38. The van der Waals surface area contributed by atoms with Crippen molar-refractivity contribution in [2.75, 3.05) is 51.3 Å². The standard InChI is InChI=1S/C19H25N5O3/c1-20-17(25)14-5-6-24(12-14)18(26)13-3-4-16-15(11-13)21-19(22(16)2)23-7-9-27-10-8-23/h3-4,11,14H,5-10,12H2,1-2H3,(H,20,25)/t14-/m1/s1. The fraction of sp³-hybridized carbons (Fsp3) is 0.526. The maximum absolute atomic E-state index is 12.9. The number of likely N-dealkylation sites (tertiary alicyclic amines) is 1. The summed E-state index contributed by atoms with van der Waals surface area (Å²) >= 11 is 0. The van der Waals surface area contributed by atoms with Gasteiger partial charge in [0.2, 0.25) is 11.9 Å². The number of amides is 2. The molecule has 1 aromatic heterocycles. The van der Waals surface area contributed by atoms with Crippen LogP contribution in [-0.4, -0.2) is 72.7 Å². The van der Waals surface area contributed by atoms with E-state index in [4.69, 9.17) is 9.72 Å². The SMILES string of the molecule is CNC(=O)[C@@H]1CCN(C(=O)c2ccc3c(c2)nc(N2CCOCC2)n3C)C1. The second kappa shape index (κ2) is 7.19. The molecular formula is C19H25N5O3. The molecule has 2 amide bonds. The van der Waals surface area contributed by atoms with Crippen LogP contribution in [0.5, 0.6) is 0 Å². The summed E-state index contributed by atoms with van der Waals surface area (Å²) in [5.41, 5.74) is 2.43. The molecule has 1 aromatic carbocycles. The highest BCUT2D eigenvalue weighted by Gasteiger charge is 2.31. The zero-order chi connectivity index (χ0) is 19.0. The summed E-state index contributed by atoms with van der Waals surface area (Å²) in [5.74, 6) is 0.742. The number of carbonyl (C=O) groups is 2. The molecule has 1 N–H and O–H groups in total. The van der Waals surface area contributed by atoms with E-state index in [0.29, 0.717) is 38.3 Å². The smallest absolute Gasteiger partial charge is 0.253 e. The zero-order valence-electron chi connectivity index (χ0n) is 15.8. The predicted molar refractivity (Wildman–Crippen MR) is 102 cm³/mol. The minimum absolute atomic E-state index is 0.000584. The fourth-order valence-corrected chi connectivity index (χ4v) is 3.91. The molecule has 144 valence electrons. The van der Waals surface area contributed by atoms with Crippen molar-refractivity contribution < 1.29 is 14.3 Å². The Morgan fingerprint density at radius 2 is 2.00 bits per heavy atom. The van der Waals surface area contributed by atoms with Crippen LogP contribution in [0.1, 0.15) is 16.8 Å². The minimum Gasteiger partial charge on any atom is -0.378 e. The van der Waals surface area contributed by atoms with Crippen LogP contribution < -0.4 is 10.2 Å². The molecule has 2 aliphatic heterocycles. The van der Waals surface area contributed by atoms with E-state index < -0.39 is 0 Å². The third-order valence-electron chi connectivity index (χ3n) is 5.49. The van der Waals surface area contributed by atoms with E-state index in [1.807, 2.05) is 25.2 Å². The summed E-state index contributed by atoms with van der Waals surface area (Å²) in [5, 5.41) is 2.67. The average Bonchev–Trinajstić information content (AvgIpc) is 3.32. The molecule has 2 saturated heterocycles. The second-order valence-corrected chi connectivity index (χ2v) is 7.12. The number of anilines is 1. The van der Waals surface area contributed by atoms with Gasteiger partial charge in [0.15, 0.2) is 0 Å². The number of imidazole rings is 1. The van der Waals surface area contributed by atoms with Gasteiger partial charge in [-0.15, -0.1) is 0 Å². The molecule has 0 saturated carbocycles. The third kappa shape index (κ3) is 3.25. The van der Waals surface area contributed by atoms with Gasteiger partial charge < -0.3 is 24.4 Å². The van der Waals surface area contributed by atoms with Gasteiger partial charge >= 0.3 is 0 Å². The van der Waals surface area contributed by atoms with Crippen molar-refractivity contribution in [1.82, 2.24) is 19.8 Å². The van der Waals surface area contributed by atoms with Crippen LogP contribution >= 0.6 is 0 Å². The summed E-state index contributed by atoms with van der Waals surface area (Å²) in [4.78, 5) is 33.4. The van der Waals surface area contributed by atoms with Crippen LogP contribution in [0.25, 0.3) is 11.0 Å². The Balaban J connectivity index is 1.56. The van der Waals surface area contributed by atoms with Crippen molar-refractivity contribution in [3.8, 4) is 0 Å². The second-order valence-electron chi connectivity index (χ2n) is 7.12. The number of ether oxygens (including phenoxy) is 1. The van der Waals surface area contributed by atoms with Crippen molar-refractivity contribution in [1.29, 1.82) is 0 Å². The Kier molecular flexibility index (Phi) is 4.73. The van der Waals surface area contributed by atoms with Gasteiger partial charge in [0, 0.05) is 45.8 Å². The molecular weight excluding hydrogens is 346 g/mol. The molecule has 0 aliphatic carbocycles. The fourth-order valence-electron chi connectivity index (χ4n) is 3.91. The lowest BCUT2D eigenvalue weighted by Crippen LogP contribution is -2.37. The molecule has 0 spiro atoms. The molecule has 3 heterocycles. The molecule has 2 fully saturated rings. The molecule has 0 unspecified atom stereocenters. The first kappa shape index (κ1) is 17.8. The summed E-state index contributed by atoms with van der Waals surface area (Å²) in [7, 11) is 3.63. The Hall–Kier alpha value is -2.61. The number of rotatable bonds is 3. The largest absolute Gasteiger partial charge is 0.378 e. The molecule has 2 aliphatic rings. The number of fused-ring (bicyclic) bond motifs is 1. The topological polar surface area (TPSA) is 79.7 Å². The number of hydrogen-bond donors (Lipinski definition) is 1. The molecule has 4 rings (SSSR count). The van der Waals surface area contributed by atoms with E-state index in [2.05, 4.69) is 14.8 Å². The summed E-state index contributed by atoms with van der Waals surface area (Å²) in [6.45, 7) is 4.12. The highest BCUT2D eigenvalue weighted by Crippen LogP contribution is 2.25. The highest BCUT2D eigenvalue weighted by atomic mass is 16.5. The number of aryl methyl sites for hydroxylation is 1. The van der Waals surface area contributed by atoms with Crippen molar-refractivity contribution >= 4 is 28.8 Å². The Labute approximate surface area is 158 Å². The predicted octanol–water partition coefficient (Wildman–Crippen LogP) is 0.618. The van der Waals surface area contributed by atoms with Crippen LogP contribution in [0.15, 0.2) is 18.2 Å². The maximum Gasteiger partial charge on any atom is 0.253 e. The van der Waals surface area contributed by atoms with Gasteiger partial charge in [-0.1, -0.05) is 0 Å². The van der Waals surface area contributed by atoms with Gasteiger partial charge in [0.1, 0.15) is 0 Å². The summed E-state index contributed by atoms with van der Waals surface area (Å²) in [6, 6.07) is 5.66. The number of carbonyl (C=O) groups excluding carboxylic acids is 2. The van der Waals surface area contributed by atoms with E-state index >= 15 is 0 Å². The number of nitrogens with zero attached hydrogens (tertiary/aromatic N) is 4. The first-order valence-corrected chi connectivity index (χ1v) is 9.38. The van der Waals surface area contributed by atoms with Crippen LogP contribution in [0.3, 0.4) is 0 Å². The molecule has 0 bridgehead atoms. The molecule has 2 aromatic rings.